The topological polar surface area (TPSA) is 81.3 Å². The average Bonchev–Trinajstić information content (AvgIpc) is 2.48. The lowest BCUT2D eigenvalue weighted by Crippen LogP contribution is -2.41. The van der Waals surface area contributed by atoms with Crippen molar-refractivity contribution in [1.29, 1.82) is 0 Å². The van der Waals surface area contributed by atoms with Crippen molar-refractivity contribution < 1.29 is 9.53 Å². The Hall–Kier alpha value is -1.69. The number of carbonyl (C=O) groups is 1. The van der Waals surface area contributed by atoms with Crippen molar-refractivity contribution in [2.75, 3.05) is 18.6 Å². The van der Waals surface area contributed by atoms with E-state index in [0.717, 1.165) is 43.7 Å². The number of aromatic nitrogens is 2. The summed E-state index contributed by atoms with van der Waals surface area (Å²) in [5.41, 5.74) is 6.75. The first-order valence-electron chi connectivity index (χ1n) is 7.51. The SMILES string of the molecule is CCN(c1cc(C)nc(C(=O)OC)n1)C1CCC(N)CC1. The Balaban J connectivity index is 2.25. The van der Waals surface area contributed by atoms with Gasteiger partial charge in [0.2, 0.25) is 5.82 Å². The van der Waals surface area contributed by atoms with E-state index in [4.69, 9.17) is 10.5 Å². The number of nitrogens with zero attached hydrogens (tertiary/aromatic N) is 3. The highest BCUT2D eigenvalue weighted by Gasteiger charge is 2.25. The lowest BCUT2D eigenvalue weighted by Gasteiger charge is -2.36. The third-order valence-electron chi connectivity index (χ3n) is 4.03. The van der Waals surface area contributed by atoms with E-state index < -0.39 is 5.97 Å². The van der Waals surface area contributed by atoms with Crippen molar-refractivity contribution in [3.05, 3.63) is 17.6 Å². The summed E-state index contributed by atoms with van der Waals surface area (Å²) in [5.74, 6) is 0.422. The molecule has 1 heterocycles. The number of aryl methyl sites for hydroxylation is 1. The lowest BCUT2D eigenvalue weighted by atomic mass is 9.90. The zero-order chi connectivity index (χ0) is 15.4. The van der Waals surface area contributed by atoms with Crippen LogP contribution in [0.15, 0.2) is 6.07 Å². The highest BCUT2D eigenvalue weighted by atomic mass is 16.5. The Kier molecular flexibility index (Phi) is 5.12. The van der Waals surface area contributed by atoms with E-state index in [9.17, 15) is 4.79 Å². The van der Waals surface area contributed by atoms with E-state index >= 15 is 0 Å². The van der Waals surface area contributed by atoms with Gasteiger partial charge in [0.05, 0.1) is 7.11 Å². The van der Waals surface area contributed by atoms with Crippen LogP contribution in [0.5, 0.6) is 0 Å². The molecule has 1 saturated carbocycles. The number of nitrogens with two attached hydrogens (primary N) is 1. The van der Waals surface area contributed by atoms with E-state index in [1.54, 1.807) is 0 Å². The molecule has 0 aliphatic heterocycles. The number of carbonyl (C=O) groups excluding carboxylic acids is 1. The highest BCUT2D eigenvalue weighted by Crippen LogP contribution is 2.26. The van der Waals surface area contributed by atoms with Crippen LogP contribution in [0, 0.1) is 6.92 Å². The van der Waals surface area contributed by atoms with Gasteiger partial charge in [-0.1, -0.05) is 0 Å². The summed E-state index contributed by atoms with van der Waals surface area (Å²) in [4.78, 5) is 22.4. The van der Waals surface area contributed by atoms with Crippen LogP contribution in [0.3, 0.4) is 0 Å². The molecule has 0 saturated heterocycles. The third-order valence-corrected chi connectivity index (χ3v) is 4.03. The molecule has 2 rings (SSSR count). The number of hydrogen-bond donors (Lipinski definition) is 1. The van der Waals surface area contributed by atoms with E-state index in [-0.39, 0.29) is 5.82 Å². The predicted molar refractivity (Wildman–Crippen MR) is 81.4 cm³/mol. The van der Waals surface area contributed by atoms with Crippen LogP contribution in [-0.2, 0) is 4.74 Å². The smallest absolute Gasteiger partial charge is 0.376 e. The Labute approximate surface area is 125 Å². The molecule has 1 fully saturated rings. The summed E-state index contributed by atoms with van der Waals surface area (Å²) in [5, 5.41) is 0. The van der Waals surface area contributed by atoms with Crippen LogP contribution < -0.4 is 10.6 Å². The molecule has 1 aliphatic carbocycles. The van der Waals surface area contributed by atoms with Gasteiger partial charge in [0.1, 0.15) is 5.82 Å². The van der Waals surface area contributed by atoms with Gasteiger partial charge in [0.25, 0.3) is 0 Å². The Morgan fingerprint density at radius 1 is 1.38 bits per heavy atom. The number of methoxy groups -OCH3 is 1. The zero-order valence-corrected chi connectivity index (χ0v) is 13.0. The Morgan fingerprint density at radius 2 is 2.05 bits per heavy atom. The van der Waals surface area contributed by atoms with Gasteiger partial charge >= 0.3 is 5.97 Å². The predicted octanol–water partition coefficient (Wildman–Crippen LogP) is 1.67. The maximum Gasteiger partial charge on any atom is 0.376 e. The van der Waals surface area contributed by atoms with Crippen molar-refractivity contribution >= 4 is 11.8 Å². The summed E-state index contributed by atoms with van der Waals surface area (Å²) in [6.45, 7) is 4.81. The van der Waals surface area contributed by atoms with Crippen LogP contribution in [0.2, 0.25) is 0 Å². The third kappa shape index (κ3) is 3.69. The molecule has 2 N–H and O–H groups in total. The van der Waals surface area contributed by atoms with Crippen LogP contribution in [0.25, 0.3) is 0 Å². The molecule has 0 radical (unpaired) electrons. The van der Waals surface area contributed by atoms with Gasteiger partial charge in [-0.15, -0.1) is 0 Å². The summed E-state index contributed by atoms with van der Waals surface area (Å²) < 4.78 is 4.72. The molecule has 1 aromatic heterocycles. The van der Waals surface area contributed by atoms with Gasteiger partial charge in [-0.2, -0.15) is 0 Å². The second kappa shape index (κ2) is 6.85. The average molecular weight is 292 g/mol. The molecular formula is C15H24N4O2. The fourth-order valence-electron chi connectivity index (χ4n) is 2.90. The Bertz CT molecular complexity index is 498. The molecule has 0 aromatic carbocycles. The van der Waals surface area contributed by atoms with Gasteiger partial charge in [-0.05, 0) is 39.5 Å². The first-order chi connectivity index (χ1) is 10.0. The van der Waals surface area contributed by atoms with E-state index in [2.05, 4.69) is 21.8 Å². The lowest BCUT2D eigenvalue weighted by molar-refractivity contribution is 0.0586. The summed E-state index contributed by atoms with van der Waals surface area (Å²) in [6, 6.07) is 2.66. The molecule has 1 aliphatic rings. The van der Waals surface area contributed by atoms with Crippen LogP contribution >= 0.6 is 0 Å². The van der Waals surface area contributed by atoms with Gasteiger partial charge < -0.3 is 15.4 Å². The van der Waals surface area contributed by atoms with Crippen molar-refractivity contribution in [1.82, 2.24) is 9.97 Å². The minimum absolute atomic E-state index is 0.124. The van der Waals surface area contributed by atoms with Gasteiger partial charge in [0, 0.05) is 30.4 Å². The van der Waals surface area contributed by atoms with Crippen molar-refractivity contribution in [2.45, 2.75) is 51.6 Å². The van der Waals surface area contributed by atoms with Crippen LogP contribution in [0.1, 0.15) is 48.9 Å². The monoisotopic (exact) mass is 292 g/mol. The van der Waals surface area contributed by atoms with E-state index in [1.165, 1.54) is 7.11 Å². The molecule has 21 heavy (non-hydrogen) atoms. The number of rotatable bonds is 4. The molecule has 6 heteroatoms. The molecule has 0 spiro atoms. The van der Waals surface area contributed by atoms with Crippen LogP contribution in [-0.4, -0.2) is 41.7 Å². The van der Waals surface area contributed by atoms with E-state index in [1.807, 2.05) is 13.0 Å². The Morgan fingerprint density at radius 3 is 2.62 bits per heavy atom. The largest absolute Gasteiger partial charge is 0.463 e. The zero-order valence-electron chi connectivity index (χ0n) is 13.0. The summed E-state index contributed by atoms with van der Waals surface area (Å²) in [6.07, 6.45) is 4.20. The second-order valence-electron chi connectivity index (χ2n) is 5.54. The molecule has 6 nitrogen and oxygen atoms in total. The number of esters is 1. The van der Waals surface area contributed by atoms with Gasteiger partial charge in [-0.3, -0.25) is 0 Å². The first-order valence-corrected chi connectivity index (χ1v) is 7.51. The molecule has 0 atom stereocenters. The summed E-state index contributed by atoms with van der Waals surface area (Å²) >= 11 is 0. The normalized spacial score (nSPS) is 21.9. The highest BCUT2D eigenvalue weighted by molar-refractivity contribution is 5.85. The first kappa shape index (κ1) is 15.7. The minimum atomic E-state index is -0.498. The van der Waals surface area contributed by atoms with Crippen molar-refractivity contribution in [2.24, 2.45) is 5.73 Å². The number of hydrogen-bond acceptors (Lipinski definition) is 6. The van der Waals surface area contributed by atoms with Crippen molar-refractivity contribution in [3.8, 4) is 0 Å². The fraction of sp³-hybridized carbons (Fsp3) is 0.667. The van der Waals surface area contributed by atoms with Gasteiger partial charge in [0.15, 0.2) is 0 Å². The van der Waals surface area contributed by atoms with E-state index in [0.29, 0.717) is 12.1 Å². The molecule has 1 aromatic rings. The standard InChI is InChI=1S/C15H24N4O2/c1-4-19(12-7-5-11(16)6-8-12)13-9-10(2)17-14(18-13)15(20)21-3/h9,11-12H,4-8,16H2,1-3H3. The van der Waals surface area contributed by atoms with Crippen molar-refractivity contribution in [3.63, 3.8) is 0 Å². The fourth-order valence-corrected chi connectivity index (χ4v) is 2.90. The minimum Gasteiger partial charge on any atom is -0.463 e. The maximum atomic E-state index is 11.7. The quantitative estimate of drug-likeness (QED) is 0.850. The molecule has 0 bridgehead atoms. The van der Waals surface area contributed by atoms with Gasteiger partial charge in [-0.25, -0.2) is 14.8 Å². The molecular weight excluding hydrogens is 268 g/mol. The maximum absolute atomic E-state index is 11.7. The summed E-state index contributed by atoms with van der Waals surface area (Å²) in [7, 11) is 1.34. The molecule has 0 amide bonds. The number of anilines is 1. The molecule has 116 valence electrons. The number of ether oxygens (including phenoxy) is 1. The second-order valence-corrected chi connectivity index (χ2v) is 5.54. The van der Waals surface area contributed by atoms with Crippen LogP contribution in [0.4, 0.5) is 5.82 Å². The molecule has 0 unspecified atom stereocenters.